The Labute approximate surface area is 300 Å². The van der Waals surface area contributed by atoms with Crippen LogP contribution in [0.2, 0.25) is 0 Å². The van der Waals surface area contributed by atoms with Crippen molar-refractivity contribution in [2.24, 2.45) is 0 Å². The van der Waals surface area contributed by atoms with Gasteiger partial charge in [-0.15, -0.1) is 0 Å². The maximum absolute atomic E-state index is 2.47. The third-order valence-corrected chi connectivity index (χ3v) is 11.3. The highest BCUT2D eigenvalue weighted by Gasteiger charge is 2.21. The van der Waals surface area contributed by atoms with Gasteiger partial charge in [0.05, 0.1) is 0 Å². The summed E-state index contributed by atoms with van der Waals surface area (Å²) in [5.74, 6) is 0. The number of benzene rings is 6. The van der Waals surface area contributed by atoms with E-state index in [4.69, 9.17) is 0 Å². The first-order valence-corrected chi connectivity index (χ1v) is 19.4. The highest BCUT2D eigenvalue weighted by molar-refractivity contribution is 5.83. The van der Waals surface area contributed by atoms with Crippen molar-refractivity contribution in [3.05, 3.63) is 155 Å². The van der Waals surface area contributed by atoms with Gasteiger partial charge in [-0.3, -0.25) is 0 Å². The first kappa shape index (κ1) is 32.5. The van der Waals surface area contributed by atoms with E-state index in [0.717, 1.165) is 12.8 Å². The lowest BCUT2D eigenvalue weighted by Gasteiger charge is -2.09. The number of fused-ring (bicyclic) bond motifs is 6. The number of aryl methyl sites for hydroxylation is 2. The first-order valence-electron chi connectivity index (χ1n) is 19.4. The van der Waals surface area contributed by atoms with Gasteiger partial charge in [0.15, 0.2) is 0 Å². The van der Waals surface area contributed by atoms with E-state index in [2.05, 4.69) is 135 Å². The van der Waals surface area contributed by atoms with Crippen LogP contribution in [0.1, 0.15) is 98.6 Å². The van der Waals surface area contributed by atoms with Crippen LogP contribution in [0.4, 0.5) is 0 Å². The Bertz CT molecular complexity index is 1950. The molecule has 0 heterocycles. The Morgan fingerprint density at radius 2 is 0.640 bits per heavy atom. The monoisotopic (exact) mass is 650 g/mol. The molecule has 8 rings (SSSR count). The summed E-state index contributed by atoms with van der Waals surface area (Å²) in [6.45, 7) is 4.57. The Hall–Kier alpha value is -4.68. The van der Waals surface area contributed by atoms with Gasteiger partial charge < -0.3 is 0 Å². The van der Waals surface area contributed by atoms with Crippen LogP contribution in [0.15, 0.2) is 121 Å². The minimum absolute atomic E-state index is 1.04. The Morgan fingerprint density at radius 3 is 1.02 bits per heavy atom. The van der Waals surface area contributed by atoms with E-state index in [1.165, 1.54) is 153 Å². The van der Waals surface area contributed by atoms with Crippen molar-refractivity contribution in [3.8, 4) is 55.6 Å². The summed E-state index contributed by atoms with van der Waals surface area (Å²) in [5, 5.41) is 0. The second-order valence-electron chi connectivity index (χ2n) is 14.9. The second-order valence-corrected chi connectivity index (χ2v) is 14.9. The van der Waals surface area contributed by atoms with Gasteiger partial charge in [0, 0.05) is 0 Å². The van der Waals surface area contributed by atoms with Gasteiger partial charge in [0.25, 0.3) is 0 Å². The number of hydrogen-bond donors (Lipinski definition) is 0. The fourth-order valence-electron chi connectivity index (χ4n) is 8.42. The van der Waals surface area contributed by atoms with E-state index in [0.29, 0.717) is 0 Å². The van der Waals surface area contributed by atoms with Crippen LogP contribution in [0, 0.1) is 0 Å². The molecule has 0 bridgehead atoms. The molecule has 0 atom stereocenters. The Balaban J connectivity index is 0.923. The topological polar surface area (TPSA) is 0 Å². The summed E-state index contributed by atoms with van der Waals surface area (Å²) in [4.78, 5) is 0. The van der Waals surface area contributed by atoms with Crippen molar-refractivity contribution < 1.29 is 0 Å². The molecule has 0 N–H and O–H groups in total. The summed E-state index contributed by atoms with van der Waals surface area (Å²) in [6.07, 6.45) is 15.1. The number of rotatable bonds is 13. The lowest BCUT2D eigenvalue weighted by atomic mass is 9.95. The smallest absolute Gasteiger partial charge is 0.00131 e. The van der Waals surface area contributed by atoms with Crippen molar-refractivity contribution in [1.29, 1.82) is 0 Å². The molecule has 6 aromatic rings. The summed E-state index contributed by atoms with van der Waals surface area (Å²) < 4.78 is 0. The molecule has 0 saturated carbocycles. The zero-order chi connectivity index (χ0) is 33.9. The molecule has 0 fully saturated rings. The van der Waals surface area contributed by atoms with E-state index in [1.807, 2.05) is 0 Å². The maximum atomic E-state index is 2.47. The summed E-state index contributed by atoms with van der Waals surface area (Å²) in [5.41, 5.74) is 22.3. The average molecular weight is 651 g/mol. The quantitative estimate of drug-likeness (QED) is 0.109. The molecule has 50 heavy (non-hydrogen) atoms. The van der Waals surface area contributed by atoms with Crippen LogP contribution < -0.4 is 0 Å². The molecule has 0 heteroatoms. The predicted molar refractivity (Wildman–Crippen MR) is 215 cm³/mol. The zero-order valence-corrected chi connectivity index (χ0v) is 30.0. The van der Waals surface area contributed by atoms with Crippen LogP contribution in [0.5, 0.6) is 0 Å². The Morgan fingerprint density at radius 1 is 0.320 bits per heavy atom. The highest BCUT2D eigenvalue weighted by Crippen LogP contribution is 2.41. The maximum Gasteiger partial charge on any atom is -0.00131 e. The van der Waals surface area contributed by atoms with Crippen molar-refractivity contribution in [2.45, 2.75) is 90.9 Å². The van der Waals surface area contributed by atoms with E-state index >= 15 is 0 Å². The van der Waals surface area contributed by atoms with Crippen LogP contribution in [-0.2, 0) is 25.7 Å². The molecular formula is C50H50. The average Bonchev–Trinajstić information content (AvgIpc) is 3.71. The molecule has 0 aliphatic heterocycles. The minimum atomic E-state index is 1.04. The van der Waals surface area contributed by atoms with Crippen molar-refractivity contribution in [2.75, 3.05) is 0 Å². The molecule has 6 aromatic carbocycles. The third kappa shape index (κ3) is 6.74. The Kier molecular flexibility index (Phi) is 9.54. The van der Waals surface area contributed by atoms with E-state index < -0.39 is 0 Å². The van der Waals surface area contributed by atoms with Gasteiger partial charge in [0.2, 0.25) is 0 Å². The van der Waals surface area contributed by atoms with Gasteiger partial charge in [-0.2, -0.15) is 0 Å². The fraction of sp³-hybridized carbons (Fsp3) is 0.280. The van der Waals surface area contributed by atoms with E-state index in [9.17, 15) is 0 Å². The predicted octanol–water partition coefficient (Wildman–Crippen LogP) is 14.1. The third-order valence-electron chi connectivity index (χ3n) is 11.3. The normalized spacial score (nSPS) is 12.4. The van der Waals surface area contributed by atoms with Crippen molar-refractivity contribution in [3.63, 3.8) is 0 Å². The lowest BCUT2D eigenvalue weighted by Crippen LogP contribution is -1.89. The van der Waals surface area contributed by atoms with Crippen molar-refractivity contribution in [1.82, 2.24) is 0 Å². The van der Waals surface area contributed by atoms with Gasteiger partial charge >= 0.3 is 0 Å². The van der Waals surface area contributed by atoms with Gasteiger partial charge in [0.1, 0.15) is 0 Å². The van der Waals surface area contributed by atoms with Gasteiger partial charge in [-0.25, -0.2) is 0 Å². The molecule has 0 unspecified atom stereocenters. The molecule has 2 aliphatic carbocycles. The molecule has 0 nitrogen and oxygen atoms in total. The van der Waals surface area contributed by atoms with E-state index in [1.54, 1.807) is 0 Å². The highest BCUT2D eigenvalue weighted by atomic mass is 14.2. The van der Waals surface area contributed by atoms with Crippen LogP contribution in [0.25, 0.3) is 55.6 Å². The lowest BCUT2D eigenvalue weighted by molar-refractivity contribution is 0.667. The molecule has 0 amide bonds. The standard InChI is InChI=1S/C50H50/c1-3-5-7-9-11-35-13-25-47-43(29-35)33-45-31-41(23-27-49(45)47)39-19-15-37(16-20-39)38-17-21-40(22-18-38)42-24-28-50-46(32-42)34-44-30-36(14-26-48(44)50)12-10-8-6-4-2/h13-32H,3-12,33-34H2,1-2H3. The molecule has 0 radical (unpaired) electrons. The SMILES string of the molecule is CCCCCCc1ccc2c(c1)Cc1cc(-c3ccc(-c4ccc(-c5ccc6c(c5)Cc5cc(CCCCCC)ccc5-6)cc4)cc3)ccc1-2. The second kappa shape index (κ2) is 14.7. The van der Waals surface area contributed by atoms with E-state index in [-0.39, 0.29) is 0 Å². The fourth-order valence-corrected chi connectivity index (χ4v) is 8.42. The molecule has 0 aromatic heterocycles. The van der Waals surface area contributed by atoms with Crippen LogP contribution in [-0.4, -0.2) is 0 Å². The molecule has 250 valence electrons. The summed E-state index contributed by atoms with van der Waals surface area (Å²) in [6, 6.07) is 46.8. The molecule has 0 saturated heterocycles. The first-order chi connectivity index (χ1) is 24.7. The summed E-state index contributed by atoms with van der Waals surface area (Å²) in [7, 11) is 0. The van der Waals surface area contributed by atoms with Gasteiger partial charge in [-0.05, 0) is 128 Å². The zero-order valence-electron chi connectivity index (χ0n) is 30.0. The van der Waals surface area contributed by atoms with Gasteiger partial charge in [-0.1, -0.05) is 174 Å². The van der Waals surface area contributed by atoms with Crippen molar-refractivity contribution >= 4 is 0 Å². The largest absolute Gasteiger partial charge is 0.0654 e. The molecule has 2 aliphatic rings. The minimum Gasteiger partial charge on any atom is -0.0654 e. The molecule has 0 spiro atoms. The van der Waals surface area contributed by atoms with Crippen LogP contribution >= 0.6 is 0 Å². The molecular weight excluding hydrogens is 601 g/mol. The summed E-state index contributed by atoms with van der Waals surface area (Å²) >= 11 is 0. The number of hydrogen-bond acceptors (Lipinski definition) is 0. The number of unbranched alkanes of at least 4 members (excludes halogenated alkanes) is 6. The van der Waals surface area contributed by atoms with Crippen LogP contribution in [0.3, 0.4) is 0 Å².